The van der Waals surface area contributed by atoms with Crippen molar-refractivity contribution in [2.24, 2.45) is 10.9 Å². The van der Waals surface area contributed by atoms with E-state index in [1.54, 1.807) is 12.1 Å². The van der Waals surface area contributed by atoms with Crippen molar-refractivity contribution in [3.63, 3.8) is 0 Å². The molecule has 20 heavy (non-hydrogen) atoms. The third-order valence-corrected chi connectivity index (χ3v) is 4.13. The minimum Gasteiger partial charge on any atom is -0.409 e. The molecule has 110 valence electrons. The van der Waals surface area contributed by atoms with Gasteiger partial charge in [-0.2, -0.15) is 0 Å². The molecular weight excluding hydrogens is 257 g/mol. The summed E-state index contributed by atoms with van der Waals surface area (Å²) in [4.78, 5) is 0. The number of halogens is 1. The van der Waals surface area contributed by atoms with Crippen LogP contribution in [0.4, 0.5) is 4.39 Å². The second kappa shape index (κ2) is 6.22. The minimum absolute atomic E-state index is 0.0807. The fourth-order valence-electron chi connectivity index (χ4n) is 2.79. The monoisotopic (exact) mass is 279 g/mol. The Labute approximate surface area is 118 Å². The molecule has 0 aromatic heterocycles. The van der Waals surface area contributed by atoms with E-state index in [-0.39, 0.29) is 16.9 Å². The van der Waals surface area contributed by atoms with Crippen molar-refractivity contribution >= 4 is 5.84 Å². The zero-order chi connectivity index (χ0) is 14.6. The van der Waals surface area contributed by atoms with Crippen molar-refractivity contribution in [3.05, 3.63) is 35.1 Å². The topological polar surface area (TPSA) is 70.6 Å². The summed E-state index contributed by atoms with van der Waals surface area (Å²) in [6.07, 6.45) is 5.96. The summed E-state index contributed by atoms with van der Waals surface area (Å²) >= 11 is 0. The molecule has 0 bridgehead atoms. The van der Waals surface area contributed by atoms with E-state index in [1.807, 2.05) is 0 Å². The van der Waals surface area contributed by atoms with Gasteiger partial charge in [-0.15, -0.1) is 0 Å². The van der Waals surface area contributed by atoms with Gasteiger partial charge in [0.1, 0.15) is 5.82 Å². The predicted molar refractivity (Wildman–Crippen MR) is 77.2 cm³/mol. The Morgan fingerprint density at radius 1 is 1.40 bits per heavy atom. The lowest BCUT2D eigenvalue weighted by atomic mass is 9.83. The standard InChI is InChI=1S/C15H22FN3O/c1-15(8-3-2-4-9-15)18-10-11-6-5-7-12(13(11)16)14(17)19-20/h5-7,18,20H,2-4,8-10H2,1H3,(H2,17,19). The summed E-state index contributed by atoms with van der Waals surface area (Å²) in [5.41, 5.74) is 6.23. The van der Waals surface area contributed by atoms with E-state index in [4.69, 9.17) is 10.9 Å². The average Bonchev–Trinajstić information content (AvgIpc) is 2.46. The van der Waals surface area contributed by atoms with Crippen LogP contribution in [0.5, 0.6) is 0 Å². The summed E-state index contributed by atoms with van der Waals surface area (Å²) in [5.74, 6) is -0.622. The Morgan fingerprint density at radius 3 is 2.75 bits per heavy atom. The van der Waals surface area contributed by atoms with Crippen LogP contribution in [0.3, 0.4) is 0 Å². The number of nitrogens with zero attached hydrogens (tertiary/aromatic N) is 1. The van der Waals surface area contributed by atoms with E-state index in [0.717, 1.165) is 12.8 Å². The molecule has 4 N–H and O–H groups in total. The lowest BCUT2D eigenvalue weighted by Crippen LogP contribution is -2.43. The highest BCUT2D eigenvalue weighted by Gasteiger charge is 2.26. The summed E-state index contributed by atoms with van der Waals surface area (Å²) in [6.45, 7) is 2.65. The van der Waals surface area contributed by atoms with E-state index in [0.29, 0.717) is 12.1 Å². The molecule has 1 saturated carbocycles. The molecule has 5 heteroatoms. The fraction of sp³-hybridized carbons (Fsp3) is 0.533. The van der Waals surface area contributed by atoms with E-state index in [2.05, 4.69) is 17.4 Å². The summed E-state index contributed by atoms with van der Waals surface area (Å²) in [6, 6.07) is 4.95. The smallest absolute Gasteiger partial charge is 0.173 e. The number of hydrogen-bond donors (Lipinski definition) is 3. The van der Waals surface area contributed by atoms with Gasteiger partial charge in [0.2, 0.25) is 0 Å². The van der Waals surface area contributed by atoms with Gasteiger partial charge < -0.3 is 16.3 Å². The Kier molecular flexibility index (Phi) is 4.60. The van der Waals surface area contributed by atoms with Crippen LogP contribution in [-0.2, 0) is 6.54 Å². The lowest BCUT2D eigenvalue weighted by molar-refractivity contribution is 0.251. The van der Waals surface area contributed by atoms with Crippen LogP contribution in [0.15, 0.2) is 23.4 Å². The van der Waals surface area contributed by atoms with Gasteiger partial charge in [-0.05, 0) is 25.8 Å². The minimum atomic E-state index is -0.422. The number of hydrogen-bond acceptors (Lipinski definition) is 3. The second-order valence-electron chi connectivity index (χ2n) is 5.74. The summed E-state index contributed by atoms with van der Waals surface area (Å²) < 4.78 is 14.3. The van der Waals surface area contributed by atoms with Gasteiger partial charge in [0.05, 0.1) is 5.56 Å². The first kappa shape index (κ1) is 14.8. The first-order valence-electron chi connectivity index (χ1n) is 7.06. The molecule has 0 atom stereocenters. The molecule has 0 amide bonds. The zero-order valence-corrected chi connectivity index (χ0v) is 11.8. The van der Waals surface area contributed by atoms with Gasteiger partial charge in [-0.3, -0.25) is 0 Å². The van der Waals surface area contributed by atoms with Gasteiger partial charge in [0.15, 0.2) is 5.84 Å². The summed E-state index contributed by atoms with van der Waals surface area (Å²) in [5, 5.41) is 15.0. The zero-order valence-electron chi connectivity index (χ0n) is 11.8. The van der Waals surface area contributed by atoms with E-state index in [9.17, 15) is 4.39 Å². The average molecular weight is 279 g/mol. The summed E-state index contributed by atoms with van der Waals surface area (Å²) in [7, 11) is 0. The maximum absolute atomic E-state index is 14.3. The van der Waals surface area contributed by atoms with E-state index in [1.165, 1.54) is 25.3 Å². The Morgan fingerprint density at radius 2 is 2.10 bits per heavy atom. The Balaban J connectivity index is 2.10. The number of nitrogens with one attached hydrogen (secondary N) is 1. The molecular formula is C15H22FN3O. The van der Waals surface area contributed by atoms with Crippen LogP contribution in [-0.4, -0.2) is 16.6 Å². The number of nitrogens with two attached hydrogens (primary N) is 1. The highest BCUT2D eigenvalue weighted by Crippen LogP contribution is 2.28. The fourth-order valence-corrected chi connectivity index (χ4v) is 2.79. The van der Waals surface area contributed by atoms with Crippen LogP contribution in [0.2, 0.25) is 0 Å². The maximum atomic E-state index is 14.3. The highest BCUT2D eigenvalue weighted by atomic mass is 19.1. The Bertz CT molecular complexity index is 496. The molecule has 2 rings (SSSR count). The number of benzene rings is 1. The molecule has 0 radical (unpaired) electrons. The molecule has 1 aliphatic carbocycles. The van der Waals surface area contributed by atoms with Gasteiger partial charge in [-0.1, -0.05) is 36.6 Å². The number of rotatable bonds is 4. The van der Waals surface area contributed by atoms with Crippen molar-refractivity contribution in [2.45, 2.75) is 51.1 Å². The lowest BCUT2D eigenvalue weighted by Gasteiger charge is -2.35. The molecule has 0 saturated heterocycles. The molecule has 1 fully saturated rings. The van der Waals surface area contributed by atoms with Crippen LogP contribution < -0.4 is 11.1 Å². The number of oxime groups is 1. The highest BCUT2D eigenvalue weighted by molar-refractivity contribution is 5.97. The number of amidine groups is 1. The van der Waals surface area contributed by atoms with Crippen LogP contribution >= 0.6 is 0 Å². The first-order chi connectivity index (χ1) is 9.56. The van der Waals surface area contributed by atoms with Crippen LogP contribution in [0.1, 0.15) is 50.2 Å². The normalized spacial score (nSPS) is 19.0. The molecule has 0 aliphatic heterocycles. The molecule has 1 aliphatic rings. The van der Waals surface area contributed by atoms with Crippen LogP contribution in [0, 0.1) is 5.82 Å². The van der Waals surface area contributed by atoms with Crippen molar-refractivity contribution in [1.82, 2.24) is 5.32 Å². The van der Waals surface area contributed by atoms with Gasteiger partial charge in [0, 0.05) is 17.6 Å². The predicted octanol–water partition coefficient (Wildman–Crippen LogP) is 2.73. The van der Waals surface area contributed by atoms with E-state index >= 15 is 0 Å². The van der Waals surface area contributed by atoms with Crippen molar-refractivity contribution in [3.8, 4) is 0 Å². The largest absolute Gasteiger partial charge is 0.409 e. The first-order valence-corrected chi connectivity index (χ1v) is 7.06. The van der Waals surface area contributed by atoms with Gasteiger partial charge >= 0.3 is 0 Å². The second-order valence-corrected chi connectivity index (χ2v) is 5.74. The molecule has 1 aromatic carbocycles. The van der Waals surface area contributed by atoms with E-state index < -0.39 is 5.82 Å². The maximum Gasteiger partial charge on any atom is 0.173 e. The molecule has 0 unspecified atom stereocenters. The van der Waals surface area contributed by atoms with Crippen molar-refractivity contribution < 1.29 is 9.60 Å². The quantitative estimate of drug-likeness (QED) is 0.343. The molecule has 0 spiro atoms. The van der Waals surface area contributed by atoms with Gasteiger partial charge in [-0.25, -0.2) is 4.39 Å². The molecule has 4 nitrogen and oxygen atoms in total. The molecule has 0 heterocycles. The third kappa shape index (κ3) is 3.28. The van der Waals surface area contributed by atoms with Gasteiger partial charge in [0.25, 0.3) is 0 Å². The third-order valence-electron chi connectivity index (χ3n) is 4.13. The Hall–Kier alpha value is -1.62. The SMILES string of the molecule is CC1(NCc2cccc(/C(N)=N/O)c2F)CCCCC1. The van der Waals surface area contributed by atoms with Crippen molar-refractivity contribution in [2.75, 3.05) is 0 Å². The molecule has 1 aromatic rings. The van der Waals surface area contributed by atoms with Crippen LogP contribution in [0.25, 0.3) is 0 Å². The van der Waals surface area contributed by atoms with Crippen molar-refractivity contribution in [1.29, 1.82) is 0 Å².